The molecule has 19 atom stereocenters. The lowest BCUT2D eigenvalue weighted by Gasteiger charge is -2.47. The number of carboxylic acids is 1. The molecular formula is C24H46FN5O16. The Morgan fingerprint density at radius 2 is 1.17 bits per heavy atom. The first-order valence-electron chi connectivity index (χ1n) is 14.4. The second kappa shape index (κ2) is 16.8. The van der Waals surface area contributed by atoms with Crippen LogP contribution in [0.5, 0.6) is 0 Å². The van der Waals surface area contributed by atoms with Gasteiger partial charge in [0.15, 0.2) is 18.9 Å². The second-order valence-corrected chi connectivity index (χ2v) is 11.4. The molecule has 0 bridgehead atoms. The van der Waals surface area contributed by atoms with Gasteiger partial charge in [0.25, 0.3) is 5.97 Å². The number of aliphatic hydroxyl groups is 7. The maximum absolute atomic E-state index is 13.5. The fourth-order valence-corrected chi connectivity index (χ4v) is 5.50. The van der Waals surface area contributed by atoms with Gasteiger partial charge in [-0.2, -0.15) is 4.94 Å². The zero-order valence-corrected chi connectivity index (χ0v) is 24.7. The van der Waals surface area contributed by atoms with Crippen LogP contribution in [-0.2, 0) is 38.2 Å². The van der Waals surface area contributed by atoms with Crippen molar-refractivity contribution >= 4 is 5.97 Å². The van der Waals surface area contributed by atoms with Gasteiger partial charge in [0.1, 0.15) is 61.0 Å². The quantitative estimate of drug-likeness (QED) is 0.108. The summed E-state index contributed by atoms with van der Waals surface area (Å²) in [4.78, 5) is 12.8. The SMILES string of the molecule is CC(=O)O.NCC1OC(OC2C(OF)OC(OC3C(O)C(N)CC(N)C3OC3OC(CO)C(O)C(O)C3N)C2O)C(N)C(O)C1O. The third-order valence-corrected chi connectivity index (χ3v) is 8.09. The van der Waals surface area contributed by atoms with Crippen molar-refractivity contribution in [3.8, 4) is 0 Å². The van der Waals surface area contributed by atoms with Crippen molar-refractivity contribution in [3.63, 3.8) is 0 Å². The van der Waals surface area contributed by atoms with E-state index >= 15 is 0 Å². The van der Waals surface area contributed by atoms with Gasteiger partial charge in [-0.15, -0.1) is 0 Å². The summed E-state index contributed by atoms with van der Waals surface area (Å²) in [5.41, 5.74) is 29.7. The predicted octanol–water partition coefficient (Wildman–Crippen LogP) is -7.90. The van der Waals surface area contributed by atoms with Gasteiger partial charge in [0.05, 0.1) is 24.8 Å². The Labute approximate surface area is 261 Å². The lowest BCUT2D eigenvalue weighted by Crippen LogP contribution is -2.68. The van der Waals surface area contributed by atoms with Crippen molar-refractivity contribution in [1.29, 1.82) is 0 Å². The summed E-state index contributed by atoms with van der Waals surface area (Å²) in [6.07, 6.45) is -22.7. The summed E-state index contributed by atoms with van der Waals surface area (Å²) >= 11 is 0. The maximum atomic E-state index is 13.5. The number of hydrogen-bond acceptors (Lipinski definition) is 20. The number of ether oxygens (including phenoxy) is 6. The van der Waals surface area contributed by atoms with Crippen molar-refractivity contribution in [2.24, 2.45) is 28.7 Å². The Bertz CT molecular complexity index is 960. The molecule has 3 heterocycles. The predicted molar refractivity (Wildman–Crippen MR) is 145 cm³/mol. The maximum Gasteiger partial charge on any atom is 0.300 e. The summed E-state index contributed by atoms with van der Waals surface area (Å²) in [7, 11) is 0. The van der Waals surface area contributed by atoms with E-state index in [9.17, 15) is 40.3 Å². The van der Waals surface area contributed by atoms with Gasteiger partial charge < -0.3 is 97.9 Å². The summed E-state index contributed by atoms with van der Waals surface area (Å²) < 4.78 is 47.0. The summed E-state index contributed by atoms with van der Waals surface area (Å²) in [6.45, 7) is 0.174. The Morgan fingerprint density at radius 1 is 0.696 bits per heavy atom. The Morgan fingerprint density at radius 3 is 1.67 bits per heavy atom. The molecule has 3 saturated heterocycles. The average molecular weight is 680 g/mol. The molecule has 4 aliphatic rings. The first kappa shape index (κ1) is 39.1. The molecule has 270 valence electrons. The number of nitrogens with two attached hydrogens (primary N) is 5. The van der Waals surface area contributed by atoms with Crippen LogP contribution in [0.2, 0.25) is 0 Å². The highest BCUT2D eigenvalue weighted by molar-refractivity contribution is 5.62. The molecule has 18 N–H and O–H groups in total. The zero-order chi connectivity index (χ0) is 34.6. The zero-order valence-electron chi connectivity index (χ0n) is 24.7. The van der Waals surface area contributed by atoms with Crippen LogP contribution in [-0.4, -0.2) is 176 Å². The average Bonchev–Trinajstić information content (AvgIpc) is 3.30. The van der Waals surface area contributed by atoms with Crippen LogP contribution in [0.15, 0.2) is 0 Å². The van der Waals surface area contributed by atoms with Crippen LogP contribution in [0.25, 0.3) is 0 Å². The molecule has 4 fully saturated rings. The van der Waals surface area contributed by atoms with Crippen LogP contribution in [0.1, 0.15) is 13.3 Å². The fraction of sp³-hybridized carbons (Fsp3) is 0.958. The molecule has 19 unspecified atom stereocenters. The van der Waals surface area contributed by atoms with E-state index in [1.165, 1.54) is 0 Å². The topological polar surface area (TPSA) is 374 Å². The van der Waals surface area contributed by atoms with Crippen LogP contribution in [0.4, 0.5) is 4.53 Å². The van der Waals surface area contributed by atoms with Gasteiger partial charge in [-0.25, -0.2) is 0 Å². The molecule has 22 heteroatoms. The lowest BCUT2D eigenvalue weighted by atomic mass is 9.84. The number of hydrogen-bond donors (Lipinski definition) is 13. The molecule has 3 aliphatic heterocycles. The molecule has 0 amide bonds. The van der Waals surface area contributed by atoms with E-state index in [4.69, 9.17) is 67.0 Å². The van der Waals surface area contributed by atoms with Crippen molar-refractivity contribution in [2.45, 2.75) is 130 Å². The number of halogens is 1. The van der Waals surface area contributed by atoms with Crippen LogP contribution in [0.3, 0.4) is 0 Å². The van der Waals surface area contributed by atoms with E-state index in [1.807, 2.05) is 0 Å². The van der Waals surface area contributed by atoms with Gasteiger partial charge >= 0.3 is 0 Å². The molecule has 46 heavy (non-hydrogen) atoms. The van der Waals surface area contributed by atoms with Crippen LogP contribution < -0.4 is 28.7 Å². The second-order valence-electron chi connectivity index (χ2n) is 11.4. The minimum Gasteiger partial charge on any atom is -0.481 e. The number of carboxylic acid groups (broad SMARTS) is 1. The van der Waals surface area contributed by atoms with E-state index in [1.54, 1.807) is 0 Å². The van der Waals surface area contributed by atoms with Gasteiger partial charge in [-0.1, -0.05) is 0 Å². The third-order valence-electron chi connectivity index (χ3n) is 8.09. The highest BCUT2D eigenvalue weighted by atomic mass is 19.3. The Kier molecular flexibility index (Phi) is 14.3. The van der Waals surface area contributed by atoms with E-state index in [0.717, 1.165) is 6.92 Å². The van der Waals surface area contributed by atoms with Crippen molar-refractivity contribution in [1.82, 2.24) is 0 Å². The molecule has 0 spiro atoms. The minimum absolute atomic E-state index is 0.0195. The smallest absolute Gasteiger partial charge is 0.300 e. The normalized spacial score (nSPS) is 49.7. The van der Waals surface area contributed by atoms with Crippen molar-refractivity contribution in [2.75, 3.05) is 13.2 Å². The number of aliphatic hydroxyl groups excluding tert-OH is 7. The Balaban J connectivity index is 0.00000136. The van der Waals surface area contributed by atoms with Gasteiger partial charge in [-0.05, 0) is 10.9 Å². The molecule has 21 nitrogen and oxygen atoms in total. The summed E-state index contributed by atoms with van der Waals surface area (Å²) in [6, 6.07) is -4.54. The fourth-order valence-electron chi connectivity index (χ4n) is 5.50. The van der Waals surface area contributed by atoms with E-state index in [-0.39, 0.29) is 13.0 Å². The summed E-state index contributed by atoms with van der Waals surface area (Å²) in [5, 5.41) is 79.4. The number of aliphatic carboxylic acids is 1. The Hall–Kier alpha value is -1.36. The standard InChI is InChI=1S/C22H42FN5O14.C2H4O2/c23-42-22-18(40-19-8(27)13(33)11(31)6(2-24)36-19)15(35)21(41-22)39-17-10(30)4(25)1-5(26)16(17)38-20-9(28)14(34)12(32)7(3-29)37-20;1-2(3)4/h4-22,29-35H,1-3,24-28H2;1H3,(H,3,4). The molecule has 1 saturated carbocycles. The first-order chi connectivity index (χ1) is 21.6. The monoisotopic (exact) mass is 679 g/mol. The highest BCUT2D eigenvalue weighted by Crippen LogP contribution is 2.34. The van der Waals surface area contributed by atoms with Crippen molar-refractivity contribution in [3.05, 3.63) is 0 Å². The van der Waals surface area contributed by atoms with Crippen molar-refractivity contribution < 1.29 is 83.5 Å². The molecule has 0 aromatic rings. The molecule has 0 aromatic carbocycles. The number of rotatable bonds is 9. The number of carbonyl (C=O) groups is 1. The van der Waals surface area contributed by atoms with Crippen LogP contribution in [0, 0.1) is 0 Å². The van der Waals surface area contributed by atoms with Gasteiger partial charge in [-0.3, -0.25) is 4.79 Å². The largest absolute Gasteiger partial charge is 0.481 e. The molecule has 0 radical (unpaired) electrons. The molecule has 4 rings (SSSR count). The molecule has 1 aliphatic carbocycles. The van der Waals surface area contributed by atoms with E-state index < -0.39 is 129 Å². The molecular weight excluding hydrogens is 633 g/mol. The molecule has 0 aromatic heterocycles. The van der Waals surface area contributed by atoms with Gasteiger partial charge in [0, 0.05) is 25.6 Å². The van der Waals surface area contributed by atoms with E-state index in [2.05, 4.69) is 4.94 Å². The lowest BCUT2D eigenvalue weighted by molar-refractivity contribution is -0.342. The highest BCUT2D eigenvalue weighted by Gasteiger charge is 2.55. The first-order valence-corrected chi connectivity index (χ1v) is 14.4. The van der Waals surface area contributed by atoms with Gasteiger partial charge in [0.2, 0.25) is 6.29 Å². The minimum atomic E-state index is -1.92. The van der Waals surface area contributed by atoms with Crippen LogP contribution >= 0.6 is 0 Å². The summed E-state index contributed by atoms with van der Waals surface area (Å²) in [5.74, 6) is -0.833. The third kappa shape index (κ3) is 8.61. The van der Waals surface area contributed by atoms with E-state index in [0.29, 0.717) is 0 Å².